The van der Waals surface area contributed by atoms with Gasteiger partial charge in [0.1, 0.15) is 16.5 Å². The number of hydrogen-bond acceptors (Lipinski definition) is 5. The van der Waals surface area contributed by atoms with Gasteiger partial charge in [0.05, 0.1) is 28.4 Å². The summed E-state index contributed by atoms with van der Waals surface area (Å²) < 4.78 is 31.1. The molecule has 1 aliphatic rings. The molecule has 0 saturated heterocycles. The molecule has 0 amide bonds. The number of aromatic nitrogens is 4. The molecule has 0 spiro atoms. The second kappa shape index (κ2) is 8.02. The average Bonchev–Trinajstić information content (AvgIpc) is 3.24. The van der Waals surface area contributed by atoms with Crippen LogP contribution in [0.15, 0.2) is 36.5 Å². The summed E-state index contributed by atoms with van der Waals surface area (Å²) in [6, 6.07) is 7.61. The van der Waals surface area contributed by atoms with Crippen LogP contribution in [-0.4, -0.2) is 25.5 Å². The van der Waals surface area contributed by atoms with Crippen LogP contribution in [0.2, 0.25) is 0 Å². The quantitative estimate of drug-likeness (QED) is 0.425. The fourth-order valence-electron chi connectivity index (χ4n) is 4.09. The van der Waals surface area contributed by atoms with Crippen LogP contribution < -0.4 is 0 Å². The highest BCUT2D eigenvalue weighted by atomic mass is 32.1. The van der Waals surface area contributed by atoms with Crippen LogP contribution in [0.3, 0.4) is 0 Å². The van der Waals surface area contributed by atoms with Crippen LogP contribution in [0, 0.1) is 18.6 Å². The van der Waals surface area contributed by atoms with Gasteiger partial charge in [0.2, 0.25) is 0 Å². The minimum absolute atomic E-state index is 0.0224. The maximum absolute atomic E-state index is 14.9. The van der Waals surface area contributed by atoms with E-state index in [4.69, 9.17) is 5.10 Å². The molecule has 0 bridgehead atoms. The molecule has 3 aromatic heterocycles. The Morgan fingerprint density at radius 3 is 2.62 bits per heavy atom. The van der Waals surface area contributed by atoms with Gasteiger partial charge in [-0.15, -0.1) is 11.3 Å². The van der Waals surface area contributed by atoms with Crippen LogP contribution in [0.1, 0.15) is 35.3 Å². The number of Topliss-reactive ketones (excluding diaryl/α,β-unsaturated/α-hetero) is 1. The zero-order valence-electron chi connectivity index (χ0n) is 17.7. The van der Waals surface area contributed by atoms with Crippen molar-refractivity contribution in [3.05, 3.63) is 70.1 Å². The Labute approximate surface area is 187 Å². The third-order valence-electron chi connectivity index (χ3n) is 5.51. The Hall–Kier alpha value is -3.26. The van der Waals surface area contributed by atoms with Crippen molar-refractivity contribution >= 4 is 17.1 Å². The number of ketones is 1. The number of carbonyl (C=O) groups excluding carboxylic acids is 1. The standard InChI is InChI=1S/C24H20F2N4OS/c1-13-9-10-15(12-27-13)21-16-5-3-8-19-24(32-20(28-19)11-14(2)31)22(16)30(29-21)23-17(25)6-4-7-18(23)26/h4,6-7,9-10,12H,3,5,8,11H2,1-2H3. The van der Waals surface area contributed by atoms with E-state index in [1.165, 1.54) is 41.1 Å². The maximum Gasteiger partial charge on any atom is 0.151 e. The predicted molar refractivity (Wildman–Crippen MR) is 119 cm³/mol. The summed E-state index contributed by atoms with van der Waals surface area (Å²) in [6.45, 7) is 3.43. The third-order valence-corrected chi connectivity index (χ3v) is 6.62. The zero-order valence-corrected chi connectivity index (χ0v) is 18.5. The van der Waals surface area contributed by atoms with Crippen LogP contribution >= 0.6 is 11.3 Å². The molecule has 1 aliphatic carbocycles. The number of benzene rings is 1. The third kappa shape index (κ3) is 3.54. The first-order chi connectivity index (χ1) is 15.4. The molecule has 0 radical (unpaired) electrons. The molecule has 0 N–H and O–H groups in total. The lowest BCUT2D eigenvalue weighted by Crippen LogP contribution is -2.05. The molecule has 4 aromatic rings. The van der Waals surface area contributed by atoms with E-state index >= 15 is 0 Å². The van der Waals surface area contributed by atoms with Crippen LogP contribution in [0.5, 0.6) is 0 Å². The molecular formula is C24H20F2N4OS. The summed E-state index contributed by atoms with van der Waals surface area (Å²) in [5.41, 5.74) is 4.50. The maximum atomic E-state index is 14.9. The number of aryl methyl sites for hydroxylation is 2. The van der Waals surface area contributed by atoms with Crippen molar-refractivity contribution < 1.29 is 13.6 Å². The van der Waals surface area contributed by atoms with Gasteiger partial charge in [-0.2, -0.15) is 5.10 Å². The Morgan fingerprint density at radius 1 is 1.16 bits per heavy atom. The van der Waals surface area contributed by atoms with Gasteiger partial charge in [0.15, 0.2) is 11.6 Å². The van der Waals surface area contributed by atoms with E-state index in [0.29, 0.717) is 22.8 Å². The van der Waals surface area contributed by atoms with Crippen LogP contribution in [0.4, 0.5) is 8.78 Å². The van der Waals surface area contributed by atoms with Crippen molar-refractivity contribution in [1.82, 2.24) is 19.7 Å². The van der Waals surface area contributed by atoms with Gasteiger partial charge < -0.3 is 0 Å². The minimum Gasteiger partial charge on any atom is -0.300 e. The van der Waals surface area contributed by atoms with E-state index in [2.05, 4.69) is 9.97 Å². The van der Waals surface area contributed by atoms with Gasteiger partial charge in [-0.1, -0.05) is 6.07 Å². The van der Waals surface area contributed by atoms with Gasteiger partial charge in [-0.05, 0) is 57.4 Å². The molecule has 3 heterocycles. The zero-order chi connectivity index (χ0) is 22.4. The van der Waals surface area contributed by atoms with E-state index in [1.807, 2.05) is 19.1 Å². The van der Waals surface area contributed by atoms with Gasteiger partial charge in [0.25, 0.3) is 0 Å². The molecule has 0 aliphatic heterocycles. The first-order valence-corrected chi connectivity index (χ1v) is 11.2. The van der Waals surface area contributed by atoms with Crippen molar-refractivity contribution in [3.63, 3.8) is 0 Å². The lowest BCUT2D eigenvalue weighted by Gasteiger charge is -2.09. The second-order valence-electron chi connectivity index (χ2n) is 7.96. The molecule has 32 heavy (non-hydrogen) atoms. The molecule has 8 heteroatoms. The van der Waals surface area contributed by atoms with Crippen molar-refractivity contribution in [2.75, 3.05) is 0 Å². The number of nitrogens with zero attached hydrogens (tertiary/aromatic N) is 4. The first-order valence-electron chi connectivity index (χ1n) is 10.4. The average molecular weight is 451 g/mol. The molecule has 5 nitrogen and oxygen atoms in total. The topological polar surface area (TPSA) is 60.7 Å². The normalized spacial score (nSPS) is 12.9. The van der Waals surface area contributed by atoms with E-state index in [-0.39, 0.29) is 17.9 Å². The number of carbonyl (C=O) groups is 1. The Balaban J connectivity index is 1.81. The van der Waals surface area contributed by atoms with Gasteiger partial charge in [-0.25, -0.2) is 18.4 Å². The Bertz CT molecular complexity index is 1320. The Morgan fingerprint density at radius 2 is 1.94 bits per heavy atom. The smallest absolute Gasteiger partial charge is 0.151 e. The minimum atomic E-state index is -0.692. The monoisotopic (exact) mass is 450 g/mol. The summed E-state index contributed by atoms with van der Waals surface area (Å²) >= 11 is 1.40. The summed E-state index contributed by atoms with van der Waals surface area (Å²) in [6.07, 6.45) is 4.22. The number of para-hydroxylation sites is 1. The van der Waals surface area contributed by atoms with Crippen molar-refractivity contribution in [2.24, 2.45) is 0 Å². The lowest BCUT2D eigenvalue weighted by molar-refractivity contribution is -0.116. The van der Waals surface area contributed by atoms with E-state index in [0.717, 1.165) is 40.2 Å². The summed E-state index contributed by atoms with van der Waals surface area (Å²) in [7, 11) is 0. The fourth-order valence-corrected chi connectivity index (χ4v) is 5.33. The molecular weight excluding hydrogens is 430 g/mol. The molecule has 0 atom stereocenters. The molecule has 162 valence electrons. The lowest BCUT2D eigenvalue weighted by atomic mass is 10.0. The van der Waals surface area contributed by atoms with E-state index in [9.17, 15) is 13.6 Å². The van der Waals surface area contributed by atoms with Crippen LogP contribution in [0.25, 0.3) is 27.5 Å². The van der Waals surface area contributed by atoms with Gasteiger partial charge >= 0.3 is 0 Å². The largest absolute Gasteiger partial charge is 0.300 e. The number of fused-ring (bicyclic) bond motifs is 3. The summed E-state index contributed by atoms with van der Waals surface area (Å²) in [5.74, 6) is -1.36. The highest BCUT2D eigenvalue weighted by molar-refractivity contribution is 7.15. The molecule has 5 rings (SSSR count). The number of rotatable bonds is 4. The number of pyridine rings is 1. The molecule has 0 fully saturated rings. The van der Waals surface area contributed by atoms with Gasteiger partial charge in [-0.3, -0.25) is 9.78 Å². The fraction of sp³-hybridized carbons (Fsp3) is 0.250. The van der Waals surface area contributed by atoms with Crippen molar-refractivity contribution in [3.8, 4) is 27.5 Å². The van der Waals surface area contributed by atoms with Crippen LogP contribution in [-0.2, 0) is 24.1 Å². The first kappa shape index (κ1) is 20.6. The van der Waals surface area contributed by atoms with E-state index in [1.54, 1.807) is 6.20 Å². The second-order valence-corrected chi connectivity index (χ2v) is 9.05. The molecule has 0 saturated carbocycles. The molecule has 0 unspecified atom stereocenters. The van der Waals surface area contributed by atoms with E-state index < -0.39 is 11.6 Å². The number of thiazole rings is 1. The number of hydrogen-bond donors (Lipinski definition) is 0. The van der Waals surface area contributed by atoms with Gasteiger partial charge in [0, 0.05) is 23.0 Å². The Kier molecular flexibility index (Phi) is 5.17. The SMILES string of the molecule is CC(=O)Cc1nc2c(s1)-c1c(c(-c3ccc(C)nc3)nn1-c1c(F)cccc1F)CCC2. The summed E-state index contributed by atoms with van der Waals surface area (Å²) in [5, 5.41) is 5.41. The number of halogens is 2. The summed E-state index contributed by atoms with van der Waals surface area (Å²) in [4.78, 5) is 21.6. The highest BCUT2D eigenvalue weighted by Gasteiger charge is 2.30. The highest BCUT2D eigenvalue weighted by Crippen LogP contribution is 2.42. The predicted octanol–water partition coefficient (Wildman–Crippen LogP) is 5.26. The molecule has 1 aromatic carbocycles. The van der Waals surface area contributed by atoms with Crippen molar-refractivity contribution in [2.45, 2.75) is 39.5 Å². The van der Waals surface area contributed by atoms with Crippen molar-refractivity contribution in [1.29, 1.82) is 0 Å².